The summed E-state index contributed by atoms with van der Waals surface area (Å²) in [6, 6.07) is 0.248. The van der Waals surface area contributed by atoms with Crippen molar-refractivity contribution < 1.29 is 9.90 Å². The molecule has 0 aromatic rings. The molecule has 3 N–H and O–H groups in total. The Balaban J connectivity index is 2.22. The van der Waals surface area contributed by atoms with Gasteiger partial charge in [0.2, 0.25) is 5.91 Å². The summed E-state index contributed by atoms with van der Waals surface area (Å²) in [5.41, 5.74) is 0. The average molecular weight is 228 g/mol. The first kappa shape index (κ1) is 13.5. The minimum Gasteiger partial charge on any atom is -0.393 e. The van der Waals surface area contributed by atoms with Crippen LogP contribution in [0, 0.1) is 0 Å². The zero-order valence-corrected chi connectivity index (χ0v) is 10.3. The number of amides is 1. The lowest BCUT2D eigenvalue weighted by atomic mass is 9.92. The molecule has 0 aliphatic heterocycles. The smallest absolute Gasteiger partial charge is 0.236 e. The van der Waals surface area contributed by atoms with E-state index in [-0.39, 0.29) is 18.1 Å². The number of aliphatic hydroxyl groups is 1. The van der Waals surface area contributed by atoms with E-state index in [2.05, 4.69) is 10.6 Å². The number of nitrogens with one attached hydrogen (secondary N) is 2. The SMILES string of the molecule is CCCNC(=O)C(C)NC1CCC(O)CC1. The highest BCUT2D eigenvalue weighted by atomic mass is 16.3. The van der Waals surface area contributed by atoms with Crippen molar-refractivity contribution in [3.05, 3.63) is 0 Å². The fourth-order valence-electron chi connectivity index (χ4n) is 2.07. The molecule has 1 saturated carbocycles. The van der Waals surface area contributed by atoms with Gasteiger partial charge >= 0.3 is 0 Å². The molecule has 16 heavy (non-hydrogen) atoms. The second-order valence-corrected chi connectivity index (χ2v) is 4.68. The first-order valence-corrected chi connectivity index (χ1v) is 6.35. The second kappa shape index (κ2) is 6.86. The average Bonchev–Trinajstić information content (AvgIpc) is 2.29. The van der Waals surface area contributed by atoms with Crippen LogP contribution in [0.4, 0.5) is 0 Å². The molecule has 1 aliphatic rings. The van der Waals surface area contributed by atoms with E-state index in [1.165, 1.54) is 0 Å². The molecule has 1 atom stereocenters. The quantitative estimate of drug-likeness (QED) is 0.652. The van der Waals surface area contributed by atoms with Crippen LogP contribution >= 0.6 is 0 Å². The molecule has 1 aliphatic carbocycles. The standard InChI is InChI=1S/C12H24N2O2/c1-3-8-13-12(16)9(2)14-10-4-6-11(15)7-5-10/h9-11,14-15H,3-8H2,1-2H3,(H,13,16). The minimum absolute atomic E-state index is 0.0768. The van der Waals surface area contributed by atoms with Crippen LogP contribution in [0.2, 0.25) is 0 Å². The summed E-state index contributed by atoms with van der Waals surface area (Å²) in [6.07, 6.45) is 4.46. The molecule has 0 spiro atoms. The lowest BCUT2D eigenvalue weighted by Crippen LogP contribution is -2.48. The van der Waals surface area contributed by atoms with Crippen LogP contribution in [0.1, 0.15) is 46.0 Å². The van der Waals surface area contributed by atoms with Crippen molar-refractivity contribution in [2.24, 2.45) is 0 Å². The van der Waals surface area contributed by atoms with Gasteiger partial charge in [-0.2, -0.15) is 0 Å². The van der Waals surface area contributed by atoms with E-state index < -0.39 is 0 Å². The van der Waals surface area contributed by atoms with Gasteiger partial charge in [-0.05, 0) is 39.0 Å². The molecular weight excluding hydrogens is 204 g/mol. The van der Waals surface area contributed by atoms with Gasteiger partial charge in [0.25, 0.3) is 0 Å². The van der Waals surface area contributed by atoms with Crippen molar-refractivity contribution in [2.45, 2.75) is 64.1 Å². The predicted molar refractivity (Wildman–Crippen MR) is 64.2 cm³/mol. The van der Waals surface area contributed by atoms with Crippen molar-refractivity contribution in [1.29, 1.82) is 0 Å². The first-order chi connectivity index (χ1) is 7.63. The molecule has 4 nitrogen and oxygen atoms in total. The molecule has 1 amide bonds. The van der Waals surface area contributed by atoms with Crippen molar-refractivity contribution in [2.75, 3.05) is 6.54 Å². The third-order valence-electron chi connectivity index (χ3n) is 3.12. The Morgan fingerprint density at radius 1 is 1.38 bits per heavy atom. The van der Waals surface area contributed by atoms with Gasteiger partial charge in [0.1, 0.15) is 0 Å². The highest BCUT2D eigenvalue weighted by molar-refractivity contribution is 5.81. The minimum atomic E-state index is -0.137. The Morgan fingerprint density at radius 3 is 2.56 bits per heavy atom. The van der Waals surface area contributed by atoms with E-state index >= 15 is 0 Å². The molecular formula is C12H24N2O2. The van der Waals surface area contributed by atoms with Crippen molar-refractivity contribution >= 4 is 5.91 Å². The third kappa shape index (κ3) is 4.49. The van der Waals surface area contributed by atoms with Crippen molar-refractivity contribution in [3.63, 3.8) is 0 Å². The summed E-state index contributed by atoms with van der Waals surface area (Å²) in [7, 11) is 0. The van der Waals surface area contributed by atoms with E-state index in [9.17, 15) is 9.90 Å². The number of hydrogen-bond donors (Lipinski definition) is 3. The Kier molecular flexibility index (Phi) is 5.77. The summed E-state index contributed by atoms with van der Waals surface area (Å²) < 4.78 is 0. The van der Waals surface area contributed by atoms with Gasteiger partial charge in [-0.15, -0.1) is 0 Å². The summed E-state index contributed by atoms with van der Waals surface area (Å²) in [5, 5.41) is 15.6. The lowest BCUT2D eigenvalue weighted by Gasteiger charge is -2.28. The maximum Gasteiger partial charge on any atom is 0.236 e. The van der Waals surface area contributed by atoms with Crippen LogP contribution < -0.4 is 10.6 Å². The van der Waals surface area contributed by atoms with Crippen LogP contribution in [0.15, 0.2) is 0 Å². The maximum atomic E-state index is 11.6. The Hall–Kier alpha value is -0.610. The van der Waals surface area contributed by atoms with Gasteiger partial charge in [-0.25, -0.2) is 0 Å². The Bertz CT molecular complexity index is 213. The maximum absolute atomic E-state index is 11.6. The van der Waals surface area contributed by atoms with Crippen LogP contribution in [0.3, 0.4) is 0 Å². The van der Waals surface area contributed by atoms with Crippen LogP contribution in [0.25, 0.3) is 0 Å². The molecule has 1 unspecified atom stereocenters. The lowest BCUT2D eigenvalue weighted by molar-refractivity contribution is -0.123. The fraction of sp³-hybridized carbons (Fsp3) is 0.917. The molecule has 0 radical (unpaired) electrons. The third-order valence-corrected chi connectivity index (χ3v) is 3.12. The van der Waals surface area contributed by atoms with Crippen LogP contribution in [-0.2, 0) is 4.79 Å². The second-order valence-electron chi connectivity index (χ2n) is 4.68. The molecule has 0 aromatic carbocycles. The summed E-state index contributed by atoms with van der Waals surface area (Å²) in [4.78, 5) is 11.6. The van der Waals surface area contributed by atoms with Crippen LogP contribution in [0.5, 0.6) is 0 Å². The highest BCUT2D eigenvalue weighted by Gasteiger charge is 2.22. The topological polar surface area (TPSA) is 61.4 Å². The number of aliphatic hydroxyl groups excluding tert-OH is 1. The van der Waals surface area contributed by atoms with E-state index in [0.29, 0.717) is 6.04 Å². The first-order valence-electron chi connectivity index (χ1n) is 6.35. The Labute approximate surface area is 97.8 Å². The molecule has 1 fully saturated rings. The monoisotopic (exact) mass is 228 g/mol. The number of carbonyl (C=O) groups excluding carboxylic acids is 1. The van der Waals surface area contributed by atoms with E-state index in [1.807, 2.05) is 13.8 Å². The van der Waals surface area contributed by atoms with Gasteiger partial charge in [0.05, 0.1) is 12.1 Å². The molecule has 1 rings (SSSR count). The molecule has 0 aromatic heterocycles. The molecule has 0 heterocycles. The summed E-state index contributed by atoms with van der Waals surface area (Å²) in [6.45, 7) is 4.69. The van der Waals surface area contributed by atoms with Gasteiger partial charge < -0.3 is 15.7 Å². The van der Waals surface area contributed by atoms with E-state index in [0.717, 1.165) is 38.6 Å². The van der Waals surface area contributed by atoms with Gasteiger partial charge in [-0.1, -0.05) is 6.92 Å². The zero-order chi connectivity index (χ0) is 12.0. The number of rotatable bonds is 5. The van der Waals surface area contributed by atoms with Crippen LogP contribution in [-0.4, -0.2) is 35.7 Å². The predicted octanol–water partition coefficient (Wildman–Crippen LogP) is 0.794. The van der Waals surface area contributed by atoms with E-state index in [1.54, 1.807) is 0 Å². The van der Waals surface area contributed by atoms with Crippen molar-refractivity contribution in [1.82, 2.24) is 10.6 Å². The molecule has 4 heteroatoms. The van der Waals surface area contributed by atoms with E-state index in [4.69, 9.17) is 0 Å². The summed E-state index contributed by atoms with van der Waals surface area (Å²) in [5.74, 6) is 0.0768. The number of hydrogen-bond acceptors (Lipinski definition) is 3. The number of carbonyl (C=O) groups is 1. The van der Waals surface area contributed by atoms with Gasteiger partial charge in [-0.3, -0.25) is 4.79 Å². The van der Waals surface area contributed by atoms with Gasteiger partial charge in [0.15, 0.2) is 0 Å². The molecule has 0 saturated heterocycles. The highest BCUT2D eigenvalue weighted by Crippen LogP contribution is 2.18. The fourth-order valence-corrected chi connectivity index (χ4v) is 2.07. The molecule has 0 bridgehead atoms. The summed E-state index contributed by atoms with van der Waals surface area (Å²) >= 11 is 0. The Morgan fingerprint density at radius 2 is 2.00 bits per heavy atom. The largest absolute Gasteiger partial charge is 0.393 e. The normalized spacial score (nSPS) is 27.4. The molecule has 94 valence electrons. The van der Waals surface area contributed by atoms with Crippen molar-refractivity contribution in [3.8, 4) is 0 Å². The van der Waals surface area contributed by atoms with Gasteiger partial charge in [0, 0.05) is 12.6 Å². The zero-order valence-electron chi connectivity index (χ0n) is 10.3.